The van der Waals surface area contributed by atoms with E-state index in [1.807, 2.05) is 12.1 Å². The number of thiophene rings is 1. The van der Waals surface area contributed by atoms with Gasteiger partial charge in [0.1, 0.15) is 4.88 Å². The van der Waals surface area contributed by atoms with Crippen molar-refractivity contribution in [2.24, 2.45) is 0 Å². The minimum Gasteiger partial charge on any atom is -0.397 e. The van der Waals surface area contributed by atoms with Gasteiger partial charge in [-0.3, -0.25) is 4.79 Å². The predicted molar refractivity (Wildman–Crippen MR) is 87.2 cm³/mol. The number of halogens is 1. The first-order valence-corrected chi connectivity index (χ1v) is 8.10. The molecule has 4 nitrogen and oxygen atoms in total. The molecule has 0 bridgehead atoms. The van der Waals surface area contributed by atoms with Crippen molar-refractivity contribution in [3.8, 4) is 0 Å². The summed E-state index contributed by atoms with van der Waals surface area (Å²) < 4.78 is 6.51. The Morgan fingerprint density at radius 2 is 2.38 bits per heavy atom. The maximum absolute atomic E-state index is 12.6. The number of benzene rings is 1. The summed E-state index contributed by atoms with van der Waals surface area (Å²) in [4.78, 5) is 14.8. The van der Waals surface area contributed by atoms with Crippen molar-refractivity contribution in [2.45, 2.75) is 18.9 Å². The zero-order chi connectivity index (χ0) is 15.0. The van der Waals surface area contributed by atoms with Gasteiger partial charge < -0.3 is 15.4 Å². The summed E-state index contributed by atoms with van der Waals surface area (Å²) >= 11 is 7.38. The number of carbonyl (C=O) groups excluding carboxylic acids is 1. The molecule has 0 saturated carbocycles. The molecule has 1 aromatic heterocycles. The molecule has 0 radical (unpaired) electrons. The van der Waals surface area contributed by atoms with E-state index in [9.17, 15) is 4.79 Å². The van der Waals surface area contributed by atoms with Gasteiger partial charge in [-0.2, -0.15) is 0 Å². The second-order valence-corrected chi connectivity index (χ2v) is 6.79. The van der Waals surface area contributed by atoms with Crippen molar-refractivity contribution in [1.29, 1.82) is 0 Å². The SMILES string of the molecule is CN(CC1CCCO1)C(=O)c1sc2cc(Cl)ccc2c1N. The molecule has 1 aliphatic heterocycles. The number of hydrogen-bond acceptors (Lipinski definition) is 4. The van der Waals surface area contributed by atoms with E-state index in [2.05, 4.69) is 0 Å². The van der Waals surface area contributed by atoms with Crippen LogP contribution in [0.4, 0.5) is 5.69 Å². The van der Waals surface area contributed by atoms with Gasteiger partial charge in [-0.1, -0.05) is 11.6 Å². The fraction of sp³-hybridized carbons (Fsp3) is 0.400. The molecule has 3 rings (SSSR count). The highest BCUT2D eigenvalue weighted by atomic mass is 35.5. The van der Waals surface area contributed by atoms with Crippen LogP contribution in [0.5, 0.6) is 0 Å². The van der Waals surface area contributed by atoms with Gasteiger partial charge in [0.2, 0.25) is 0 Å². The number of ether oxygens (including phenoxy) is 1. The molecule has 1 atom stereocenters. The number of anilines is 1. The smallest absolute Gasteiger partial charge is 0.265 e. The summed E-state index contributed by atoms with van der Waals surface area (Å²) in [5.41, 5.74) is 6.66. The molecule has 112 valence electrons. The van der Waals surface area contributed by atoms with Crippen LogP contribution in [0.3, 0.4) is 0 Å². The van der Waals surface area contributed by atoms with E-state index < -0.39 is 0 Å². The fourth-order valence-corrected chi connectivity index (χ4v) is 3.99. The predicted octanol–water partition coefficient (Wildman–Crippen LogP) is 3.39. The zero-order valence-corrected chi connectivity index (χ0v) is 13.3. The molecule has 1 fully saturated rings. The minimum absolute atomic E-state index is 0.0553. The lowest BCUT2D eigenvalue weighted by Gasteiger charge is -2.20. The third-order valence-electron chi connectivity index (χ3n) is 3.73. The third-order valence-corrected chi connectivity index (χ3v) is 5.12. The van der Waals surface area contributed by atoms with Crippen molar-refractivity contribution in [3.63, 3.8) is 0 Å². The van der Waals surface area contributed by atoms with Crippen LogP contribution in [-0.4, -0.2) is 37.1 Å². The lowest BCUT2D eigenvalue weighted by atomic mass is 10.2. The molecule has 1 amide bonds. The first kappa shape index (κ1) is 14.6. The molecule has 2 heterocycles. The van der Waals surface area contributed by atoms with Crippen LogP contribution in [0.2, 0.25) is 5.02 Å². The van der Waals surface area contributed by atoms with Crippen LogP contribution in [0.15, 0.2) is 18.2 Å². The second kappa shape index (κ2) is 5.83. The standard InChI is InChI=1S/C15H17ClN2O2S/c1-18(8-10-3-2-6-20-10)15(19)14-13(17)11-5-4-9(16)7-12(11)21-14/h4-5,7,10H,2-3,6,8,17H2,1H3. The molecule has 0 spiro atoms. The molecular formula is C15H17ClN2O2S. The number of nitrogens with two attached hydrogens (primary N) is 1. The molecule has 6 heteroatoms. The summed E-state index contributed by atoms with van der Waals surface area (Å²) in [6.07, 6.45) is 2.22. The summed E-state index contributed by atoms with van der Waals surface area (Å²) in [7, 11) is 1.79. The molecule has 2 N–H and O–H groups in total. The Labute approximate surface area is 132 Å². The van der Waals surface area contributed by atoms with E-state index in [-0.39, 0.29) is 12.0 Å². The van der Waals surface area contributed by atoms with E-state index in [0.717, 1.165) is 29.5 Å². The highest BCUT2D eigenvalue weighted by Gasteiger charge is 2.24. The highest BCUT2D eigenvalue weighted by molar-refractivity contribution is 7.21. The Morgan fingerprint density at radius 1 is 1.57 bits per heavy atom. The third kappa shape index (κ3) is 2.86. The largest absolute Gasteiger partial charge is 0.397 e. The molecule has 1 aromatic carbocycles. The summed E-state index contributed by atoms with van der Waals surface area (Å²) in [6, 6.07) is 5.49. The first-order valence-electron chi connectivity index (χ1n) is 6.91. The summed E-state index contributed by atoms with van der Waals surface area (Å²) in [5, 5.41) is 1.54. The molecule has 1 saturated heterocycles. The molecular weight excluding hydrogens is 308 g/mol. The van der Waals surface area contributed by atoms with Crippen LogP contribution in [-0.2, 0) is 4.74 Å². The maximum Gasteiger partial charge on any atom is 0.265 e. The average Bonchev–Trinajstić information content (AvgIpc) is 3.06. The van der Waals surface area contributed by atoms with Crippen LogP contribution in [0.1, 0.15) is 22.5 Å². The van der Waals surface area contributed by atoms with Gasteiger partial charge in [0.25, 0.3) is 5.91 Å². The van der Waals surface area contributed by atoms with E-state index in [1.165, 1.54) is 11.3 Å². The Morgan fingerprint density at radius 3 is 3.10 bits per heavy atom. The Hall–Kier alpha value is -1.30. The minimum atomic E-state index is -0.0553. The van der Waals surface area contributed by atoms with Crippen molar-refractivity contribution >= 4 is 44.6 Å². The second-order valence-electron chi connectivity index (χ2n) is 5.31. The van der Waals surface area contributed by atoms with Crippen LogP contribution in [0.25, 0.3) is 10.1 Å². The van der Waals surface area contributed by atoms with Gasteiger partial charge in [-0.25, -0.2) is 0 Å². The number of likely N-dealkylation sites (N-methyl/N-ethyl adjacent to an activating group) is 1. The monoisotopic (exact) mass is 324 g/mol. The molecule has 2 aromatic rings. The fourth-order valence-electron chi connectivity index (χ4n) is 2.60. The van der Waals surface area contributed by atoms with Gasteiger partial charge in [0.15, 0.2) is 0 Å². The van der Waals surface area contributed by atoms with Crippen molar-refractivity contribution < 1.29 is 9.53 Å². The average molecular weight is 325 g/mol. The topological polar surface area (TPSA) is 55.6 Å². The first-order chi connectivity index (χ1) is 10.1. The molecule has 1 unspecified atom stereocenters. The Bertz CT molecular complexity index is 680. The van der Waals surface area contributed by atoms with E-state index >= 15 is 0 Å². The summed E-state index contributed by atoms with van der Waals surface area (Å²) in [5.74, 6) is -0.0553. The lowest BCUT2D eigenvalue weighted by molar-refractivity contribution is 0.0591. The van der Waals surface area contributed by atoms with Gasteiger partial charge in [0.05, 0.1) is 11.8 Å². The van der Waals surface area contributed by atoms with Gasteiger partial charge in [-0.15, -0.1) is 11.3 Å². The van der Waals surface area contributed by atoms with Crippen LogP contribution < -0.4 is 5.73 Å². The van der Waals surface area contributed by atoms with Gasteiger partial charge in [0, 0.05) is 35.3 Å². The molecule has 1 aliphatic rings. The number of amides is 1. The number of hydrogen-bond donors (Lipinski definition) is 1. The number of nitrogen functional groups attached to an aromatic ring is 1. The lowest BCUT2D eigenvalue weighted by Crippen LogP contribution is -2.33. The van der Waals surface area contributed by atoms with Gasteiger partial charge in [-0.05, 0) is 31.0 Å². The normalized spacial score (nSPS) is 18.3. The van der Waals surface area contributed by atoms with Crippen molar-refractivity contribution in [1.82, 2.24) is 4.90 Å². The van der Waals surface area contributed by atoms with E-state index in [1.54, 1.807) is 18.0 Å². The van der Waals surface area contributed by atoms with E-state index in [4.69, 9.17) is 22.1 Å². The van der Waals surface area contributed by atoms with Crippen LogP contribution in [0, 0.1) is 0 Å². The summed E-state index contributed by atoms with van der Waals surface area (Å²) in [6.45, 7) is 1.39. The highest BCUT2D eigenvalue weighted by Crippen LogP contribution is 2.35. The molecule has 21 heavy (non-hydrogen) atoms. The Kier molecular flexibility index (Phi) is 4.06. The number of nitrogens with zero attached hydrogens (tertiary/aromatic N) is 1. The van der Waals surface area contributed by atoms with Crippen molar-refractivity contribution in [3.05, 3.63) is 28.1 Å². The van der Waals surface area contributed by atoms with Crippen LogP contribution >= 0.6 is 22.9 Å². The van der Waals surface area contributed by atoms with E-state index in [0.29, 0.717) is 22.1 Å². The number of carbonyl (C=O) groups is 1. The quantitative estimate of drug-likeness (QED) is 0.941. The zero-order valence-electron chi connectivity index (χ0n) is 11.8. The number of rotatable bonds is 3. The Balaban J connectivity index is 1.84. The van der Waals surface area contributed by atoms with Gasteiger partial charge >= 0.3 is 0 Å². The van der Waals surface area contributed by atoms with Crippen molar-refractivity contribution in [2.75, 3.05) is 25.9 Å². The number of fused-ring (bicyclic) bond motifs is 1. The molecule has 0 aliphatic carbocycles. The maximum atomic E-state index is 12.6.